The number of amides is 1. The number of aromatic amines is 1. The number of benzene rings is 1. The van der Waals surface area contributed by atoms with Crippen LogP contribution in [-0.2, 0) is 4.79 Å². The standard InChI is InChI=1S/C17H16N6OS/c18-10-17(7-3-4-8-17)21-13(24)9-25-16-20-15-14(22-23-16)11-5-1-2-6-12(11)19-15/h1-2,5-6H,3-4,7-9H2,(H,21,24)(H,19,20,23). The van der Waals surface area contributed by atoms with E-state index >= 15 is 0 Å². The third-order valence-electron chi connectivity index (χ3n) is 4.48. The topological polar surface area (TPSA) is 107 Å². The smallest absolute Gasteiger partial charge is 0.231 e. The van der Waals surface area contributed by atoms with Crippen LogP contribution in [0.25, 0.3) is 22.1 Å². The Kier molecular flexibility index (Phi) is 4.01. The third kappa shape index (κ3) is 3.03. The Bertz CT molecular complexity index is 986. The maximum absolute atomic E-state index is 12.2. The summed E-state index contributed by atoms with van der Waals surface area (Å²) in [6.07, 6.45) is 3.40. The highest BCUT2D eigenvalue weighted by Crippen LogP contribution is 2.29. The Hall–Kier alpha value is -2.66. The molecule has 7 nitrogen and oxygen atoms in total. The predicted octanol–water partition coefficient (Wildman–Crippen LogP) is 2.55. The SMILES string of the molecule is N#CC1(NC(=O)CSc2nnc3c(n2)[nH]c2ccccc23)CCCC1. The molecule has 3 aromatic rings. The van der Waals surface area contributed by atoms with E-state index in [0.717, 1.165) is 42.1 Å². The van der Waals surface area contributed by atoms with E-state index in [0.29, 0.717) is 10.8 Å². The van der Waals surface area contributed by atoms with Crippen LogP contribution in [0.5, 0.6) is 0 Å². The van der Waals surface area contributed by atoms with Gasteiger partial charge in [0, 0.05) is 10.9 Å². The van der Waals surface area contributed by atoms with Gasteiger partial charge in [-0.1, -0.05) is 30.0 Å². The maximum Gasteiger partial charge on any atom is 0.231 e. The Balaban J connectivity index is 1.46. The molecule has 2 heterocycles. The summed E-state index contributed by atoms with van der Waals surface area (Å²) in [4.78, 5) is 19.8. The molecule has 1 aliphatic carbocycles. The zero-order valence-electron chi connectivity index (χ0n) is 13.5. The summed E-state index contributed by atoms with van der Waals surface area (Å²) >= 11 is 1.22. The molecule has 8 heteroatoms. The number of nitrogens with zero attached hydrogens (tertiary/aromatic N) is 4. The van der Waals surface area contributed by atoms with Gasteiger partial charge >= 0.3 is 0 Å². The highest BCUT2D eigenvalue weighted by Gasteiger charge is 2.35. The van der Waals surface area contributed by atoms with Gasteiger partial charge in [0.2, 0.25) is 11.1 Å². The zero-order chi connectivity index (χ0) is 17.3. The molecule has 0 aliphatic heterocycles. The molecule has 0 saturated heterocycles. The van der Waals surface area contributed by atoms with Crippen molar-refractivity contribution in [1.29, 1.82) is 5.26 Å². The minimum absolute atomic E-state index is 0.164. The fraction of sp³-hybridized carbons (Fsp3) is 0.353. The summed E-state index contributed by atoms with van der Waals surface area (Å²) in [6.45, 7) is 0. The number of rotatable bonds is 4. The van der Waals surface area contributed by atoms with E-state index in [1.165, 1.54) is 11.8 Å². The second kappa shape index (κ2) is 6.33. The van der Waals surface area contributed by atoms with Gasteiger partial charge in [-0.25, -0.2) is 4.98 Å². The number of thioether (sulfide) groups is 1. The van der Waals surface area contributed by atoms with Gasteiger partial charge in [-0.15, -0.1) is 10.2 Å². The molecule has 1 aromatic carbocycles. The molecule has 0 unspecified atom stereocenters. The van der Waals surface area contributed by atoms with Crippen molar-refractivity contribution >= 4 is 39.7 Å². The molecule has 0 spiro atoms. The summed E-state index contributed by atoms with van der Waals surface area (Å²) in [5.41, 5.74) is 1.64. The number of nitrogens with one attached hydrogen (secondary N) is 2. The van der Waals surface area contributed by atoms with E-state index < -0.39 is 5.54 Å². The molecular formula is C17H16N6OS. The van der Waals surface area contributed by atoms with Gasteiger partial charge < -0.3 is 10.3 Å². The number of H-pyrrole nitrogens is 1. The molecular weight excluding hydrogens is 336 g/mol. The fourth-order valence-corrected chi connectivity index (χ4v) is 3.83. The second-order valence-electron chi connectivity index (χ2n) is 6.20. The van der Waals surface area contributed by atoms with Crippen LogP contribution in [0.2, 0.25) is 0 Å². The van der Waals surface area contributed by atoms with Gasteiger partial charge in [0.25, 0.3) is 0 Å². The predicted molar refractivity (Wildman–Crippen MR) is 94.9 cm³/mol. The van der Waals surface area contributed by atoms with Gasteiger partial charge in [-0.05, 0) is 31.7 Å². The first-order valence-electron chi connectivity index (χ1n) is 8.15. The molecule has 1 fully saturated rings. The third-order valence-corrected chi connectivity index (χ3v) is 5.32. The Labute approximate surface area is 148 Å². The van der Waals surface area contributed by atoms with Crippen molar-refractivity contribution in [2.75, 3.05) is 5.75 Å². The van der Waals surface area contributed by atoms with E-state index in [9.17, 15) is 10.1 Å². The van der Waals surface area contributed by atoms with Crippen LogP contribution in [0, 0.1) is 11.3 Å². The molecule has 4 rings (SSSR count). The van der Waals surface area contributed by atoms with Gasteiger partial charge in [0.1, 0.15) is 11.1 Å². The summed E-state index contributed by atoms with van der Waals surface area (Å²) in [5.74, 6) is -0.00888. The average molecular weight is 352 g/mol. The van der Waals surface area contributed by atoms with Crippen molar-refractivity contribution in [3.8, 4) is 6.07 Å². The van der Waals surface area contributed by atoms with E-state index in [2.05, 4.69) is 31.6 Å². The minimum Gasteiger partial charge on any atom is -0.338 e. The van der Waals surface area contributed by atoms with Crippen molar-refractivity contribution in [2.45, 2.75) is 36.4 Å². The largest absolute Gasteiger partial charge is 0.338 e. The number of para-hydroxylation sites is 1. The molecule has 2 N–H and O–H groups in total. The number of carbonyl (C=O) groups excluding carboxylic acids is 1. The second-order valence-corrected chi connectivity index (χ2v) is 7.14. The van der Waals surface area contributed by atoms with Crippen molar-refractivity contribution in [3.63, 3.8) is 0 Å². The number of fused-ring (bicyclic) bond motifs is 3. The van der Waals surface area contributed by atoms with Crippen LogP contribution >= 0.6 is 11.8 Å². The molecule has 25 heavy (non-hydrogen) atoms. The molecule has 2 aromatic heterocycles. The van der Waals surface area contributed by atoms with Crippen molar-refractivity contribution < 1.29 is 4.79 Å². The van der Waals surface area contributed by atoms with E-state index in [4.69, 9.17) is 0 Å². The Morgan fingerprint density at radius 2 is 2.12 bits per heavy atom. The van der Waals surface area contributed by atoms with Crippen molar-refractivity contribution in [3.05, 3.63) is 24.3 Å². The van der Waals surface area contributed by atoms with Crippen molar-refractivity contribution in [2.24, 2.45) is 0 Å². The molecule has 126 valence electrons. The fourth-order valence-electron chi connectivity index (χ4n) is 3.24. The monoisotopic (exact) mass is 352 g/mol. The highest BCUT2D eigenvalue weighted by molar-refractivity contribution is 7.99. The molecule has 0 bridgehead atoms. The van der Waals surface area contributed by atoms with Gasteiger partial charge in [-0.2, -0.15) is 5.26 Å². The molecule has 0 radical (unpaired) electrons. The minimum atomic E-state index is -0.697. The lowest BCUT2D eigenvalue weighted by Gasteiger charge is -2.21. The molecule has 1 aliphatic rings. The first-order chi connectivity index (χ1) is 12.2. The lowest BCUT2D eigenvalue weighted by atomic mass is 10.0. The quantitative estimate of drug-likeness (QED) is 0.699. The summed E-state index contributed by atoms with van der Waals surface area (Å²) < 4.78 is 0. The van der Waals surface area contributed by atoms with E-state index in [1.807, 2.05) is 24.3 Å². The lowest BCUT2D eigenvalue weighted by Crippen LogP contribution is -2.45. The average Bonchev–Trinajstić information content (AvgIpc) is 3.24. The van der Waals surface area contributed by atoms with E-state index in [-0.39, 0.29) is 11.7 Å². The van der Waals surface area contributed by atoms with E-state index in [1.54, 1.807) is 0 Å². The lowest BCUT2D eigenvalue weighted by molar-refractivity contribution is -0.119. The Morgan fingerprint density at radius 3 is 2.92 bits per heavy atom. The Morgan fingerprint density at radius 1 is 1.32 bits per heavy atom. The van der Waals surface area contributed by atoms with Crippen LogP contribution in [0.1, 0.15) is 25.7 Å². The first kappa shape index (κ1) is 15.8. The zero-order valence-corrected chi connectivity index (χ0v) is 14.3. The first-order valence-corrected chi connectivity index (χ1v) is 9.14. The number of hydrogen-bond donors (Lipinski definition) is 2. The summed E-state index contributed by atoms with van der Waals surface area (Å²) in [6, 6.07) is 10.1. The number of nitriles is 1. The summed E-state index contributed by atoms with van der Waals surface area (Å²) in [5, 5.41) is 21.9. The number of hydrogen-bond acceptors (Lipinski definition) is 6. The van der Waals surface area contributed by atoms with Gasteiger partial charge in [0.05, 0.1) is 11.8 Å². The molecule has 1 saturated carbocycles. The van der Waals surface area contributed by atoms with Gasteiger partial charge in [-0.3, -0.25) is 4.79 Å². The normalized spacial score (nSPS) is 16.1. The molecule has 1 amide bonds. The molecule has 0 atom stereocenters. The van der Waals surface area contributed by atoms with Crippen LogP contribution in [0.15, 0.2) is 29.4 Å². The van der Waals surface area contributed by atoms with Crippen LogP contribution in [0.3, 0.4) is 0 Å². The summed E-state index contributed by atoms with van der Waals surface area (Å²) in [7, 11) is 0. The van der Waals surface area contributed by atoms with Crippen LogP contribution < -0.4 is 5.32 Å². The maximum atomic E-state index is 12.2. The van der Waals surface area contributed by atoms with Crippen LogP contribution in [0.4, 0.5) is 0 Å². The highest BCUT2D eigenvalue weighted by atomic mass is 32.2. The number of aromatic nitrogens is 4. The number of carbonyl (C=O) groups is 1. The van der Waals surface area contributed by atoms with Crippen molar-refractivity contribution in [1.82, 2.24) is 25.5 Å². The van der Waals surface area contributed by atoms with Crippen LogP contribution in [-0.4, -0.2) is 37.4 Å². The van der Waals surface area contributed by atoms with Gasteiger partial charge in [0.15, 0.2) is 5.65 Å².